The van der Waals surface area contributed by atoms with Crippen molar-refractivity contribution in [2.24, 2.45) is 0 Å². The van der Waals surface area contributed by atoms with Gasteiger partial charge in [0.2, 0.25) is 0 Å². The first kappa shape index (κ1) is 12.2. The maximum atomic E-state index is 11.7. The average Bonchev–Trinajstić information content (AvgIpc) is 2.31. The number of cyclic esters (lactones) is 2. The zero-order valence-corrected chi connectivity index (χ0v) is 13.0. The standard InChI is InChI=1S/C12H4I2O4/c13-4-1-5-9-6(2-4)11(16)18-12(17)7(9)3-8(14)10(5)15/h1-3,15H. The summed E-state index contributed by atoms with van der Waals surface area (Å²) in [5.74, 6) is -1.26. The van der Waals surface area contributed by atoms with Crippen molar-refractivity contribution in [1.82, 2.24) is 0 Å². The molecular weight excluding hydrogens is 462 g/mol. The second-order valence-electron chi connectivity index (χ2n) is 3.81. The highest BCUT2D eigenvalue weighted by Crippen LogP contribution is 2.38. The van der Waals surface area contributed by atoms with Crippen LogP contribution in [0.1, 0.15) is 20.7 Å². The van der Waals surface area contributed by atoms with Crippen LogP contribution in [0.4, 0.5) is 0 Å². The summed E-state index contributed by atoms with van der Waals surface area (Å²) in [6.07, 6.45) is 0. The molecule has 3 rings (SSSR count). The Kier molecular flexibility index (Phi) is 2.73. The lowest BCUT2D eigenvalue weighted by molar-refractivity contribution is 0.0391. The Bertz CT molecular complexity index is 716. The monoisotopic (exact) mass is 466 g/mol. The maximum absolute atomic E-state index is 11.7. The van der Waals surface area contributed by atoms with E-state index in [9.17, 15) is 14.7 Å². The smallest absolute Gasteiger partial charge is 0.346 e. The third kappa shape index (κ3) is 1.62. The first-order valence-corrected chi connectivity index (χ1v) is 7.06. The van der Waals surface area contributed by atoms with E-state index in [0.717, 1.165) is 3.57 Å². The summed E-state index contributed by atoms with van der Waals surface area (Å²) >= 11 is 3.99. The lowest BCUT2D eigenvalue weighted by Crippen LogP contribution is -2.20. The molecule has 0 atom stereocenters. The lowest BCUT2D eigenvalue weighted by Gasteiger charge is -2.17. The average molecular weight is 466 g/mol. The predicted molar refractivity (Wildman–Crippen MR) is 80.8 cm³/mol. The highest BCUT2D eigenvalue weighted by molar-refractivity contribution is 14.1. The zero-order valence-electron chi connectivity index (χ0n) is 8.66. The Labute approximate surface area is 129 Å². The van der Waals surface area contributed by atoms with Crippen LogP contribution in [-0.2, 0) is 4.74 Å². The van der Waals surface area contributed by atoms with Gasteiger partial charge >= 0.3 is 11.9 Å². The molecule has 0 saturated heterocycles. The molecule has 0 radical (unpaired) electrons. The Balaban J connectivity index is 2.60. The molecule has 0 bridgehead atoms. The number of carbonyl (C=O) groups is 2. The maximum Gasteiger partial charge on any atom is 0.346 e. The van der Waals surface area contributed by atoms with Crippen LogP contribution in [-0.4, -0.2) is 17.0 Å². The molecule has 1 heterocycles. The Hall–Kier alpha value is -0.900. The quantitative estimate of drug-likeness (QED) is 0.369. The number of halogens is 2. The van der Waals surface area contributed by atoms with E-state index in [1.165, 1.54) is 6.07 Å². The largest absolute Gasteiger partial charge is 0.506 e. The second-order valence-corrected chi connectivity index (χ2v) is 6.22. The molecule has 1 N–H and O–H groups in total. The van der Waals surface area contributed by atoms with Crippen LogP contribution in [0, 0.1) is 7.14 Å². The third-order valence-corrected chi connectivity index (χ3v) is 4.20. The van der Waals surface area contributed by atoms with E-state index in [2.05, 4.69) is 27.3 Å². The van der Waals surface area contributed by atoms with Gasteiger partial charge in [0.05, 0.1) is 14.7 Å². The van der Waals surface area contributed by atoms with Crippen LogP contribution >= 0.6 is 45.2 Å². The van der Waals surface area contributed by atoms with Crippen LogP contribution in [0.3, 0.4) is 0 Å². The molecule has 6 heteroatoms. The minimum absolute atomic E-state index is 0.0802. The van der Waals surface area contributed by atoms with Crippen molar-refractivity contribution in [2.75, 3.05) is 0 Å². The fourth-order valence-corrected chi connectivity index (χ4v) is 3.22. The normalized spacial score (nSPS) is 13.9. The van der Waals surface area contributed by atoms with Crippen molar-refractivity contribution in [3.05, 3.63) is 36.5 Å². The number of rotatable bonds is 0. The molecule has 0 saturated carbocycles. The number of hydrogen-bond donors (Lipinski definition) is 1. The molecule has 1 aliphatic heterocycles. The molecule has 2 aromatic rings. The van der Waals surface area contributed by atoms with Gasteiger partial charge in [0.15, 0.2) is 0 Å². The van der Waals surface area contributed by atoms with Crippen LogP contribution in [0.15, 0.2) is 18.2 Å². The molecular formula is C12H4I2O4. The number of phenols is 1. The van der Waals surface area contributed by atoms with E-state index in [4.69, 9.17) is 0 Å². The summed E-state index contributed by atoms with van der Waals surface area (Å²) in [5.41, 5.74) is 0.636. The molecule has 2 aromatic carbocycles. The second kappa shape index (κ2) is 4.05. The van der Waals surface area contributed by atoms with E-state index in [0.29, 0.717) is 25.5 Å². The number of aromatic hydroxyl groups is 1. The first-order chi connectivity index (χ1) is 8.49. The Morgan fingerprint density at radius 1 is 1.00 bits per heavy atom. The van der Waals surface area contributed by atoms with Crippen molar-refractivity contribution in [3.8, 4) is 5.75 Å². The van der Waals surface area contributed by atoms with Gasteiger partial charge in [-0.2, -0.15) is 0 Å². The summed E-state index contributed by atoms with van der Waals surface area (Å²) in [7, 11) is 0. The molecule has 0 spiro atoms. The van der Waals surface area contributed by atoms with Crippen molar-refractivity contribution in [3.63, 3.8) is 0 Å². The fourth-order valence-electron chi connectivity index (χ4n) is 2.00. The van der Waals surface area contributed by atoms with Gasteiger partial charge in [-0.05, 0) is 63.4 Å². The SMILES string of the molecule is O=C1OC(=O)c2cc(I)c(O)c3cc(I)cc1c23. The molecule has 90 valence electrons. The van der Waals surface area contributed by atoms with E-state index >= 15 is 0 Å². The van der Waals surface area contributed by atoms with Crippen LogP contribution in [0.2, 0.25) is 0 Å². The van der Waals surface area contributed by atoms with E-state index in [-0.39, 0.29) is 5.75 Å². The van der Waals surface area contributed by atoms with Gasteiger partial charge in [-0.15, -0.1) is 0 Å². The first-order valence-electron chi connectivity index (χ1n) is 4.90. The summed E-state index contributed by atoms with van der Waals surface area (Å²) in [6, 6.07) is 4.92. The molecule has 0 unspecified atom stereocenters. The summed E-state index contributed by atoms with van der Waals surface area (Å²) < 4.78 is 6.03. The van der Waals surface area contributed by atoms with Crippen molar-refractivity contribution < 1.29 is 19.4 Å². The number of carbonyl (C=O) groups excluding carboxylic acids is 2. The van der Waals surface area contributed by atoms with Gasteiger partial charge in [0, 0.05) is 14.3 Å². The number of ether oxygens (including phenoxy) is 1. The molecule has 0 aromatic heterocycles. The number of phenolic OH excluding ortho intramolecular Hbond substituents is 1. The highest BCUT2D eigenvalue weighted by atomic mass is 127. The molecule has 0 amide bonds. The summed E-state index contributed by atoms with van der Waals surface area (Å²) in [4.78, 5) is 23.4. The van der Waals surface area contributed by atoms with Crippen LogP contribution in [0.25, 0.3) is 10.8 Å². The molecule has 1 aliphatic rings. The third-order valence-electron chi connectivity index (χ3n) is 2.75. The van der Waals surface area contributed by atoms with E-state index in [1.54, 1.807) is 12.1 Å². The highest BCUT2D eigenvalue weighted by Gasteiger charge is 2.29. The van der Waals surface area contributed by atoms with Crippen LogP contribution in [0.5, 0.6) is 5.75 Å². The molecule has 0 fully saturated rings. The van der Waals surface area contributed by atoms with E-state index in [1.807, 2.05) is 22.6 Å². The summed E-state index contributed by atoms with van der Waals surface area (Å²) in [6.45, 7) is 0. The lowest BCUT2D eigenvalue weighted by atomic mass is 9.97. The van der Waals surface area contributed by atoms with E-state index < -0.39 is 11.9 Å². The Morgan fingerprint density at radius 3 is 2.28 bits per heavy atom. The zero-order chi connectivity index (χ0) is 13.0. The van der Waals surface area contributed by atoms with Gasteiger partial charge < -0.3 is 9.84 Å². The fraction of sp³-hybridized carbons (Fsp3) is 0. The summed E-state index contributed by atoms with van der Waals surface area (Å²) in [5, 5.41) is 11.0. The molecule has 0 aliphatic carbocycles. The van der Waals surface area contributed by atoms with Gasteiger partial charge in [-0.25, -0.2) is 9.59 Å². The molecule has 18 heavy (non-hydrogen) atoms. The van der Waals surface area contributed by atoms with Gasteiger partial charge in [0.1, 0.15) is 5.75 Å². The molecule has 4 nitrogen and oxygen atoms in total. The van der Waals surface area contributed by atoms with Gasteiger partial charge in [-0.3, -0.25) is 0 Å². The van der Waals surface area contributed by atoms with Gasteiger partial charge in [-0.1, -0.05) is 0 Å². The number of esters is 2. The van der Waals surface area contributed by atoms with Crippen LogP contribution < -0.4 is 0 Å². The van der Waals surface area contributed by atoms with Crippen molar-refractivity contribution in [1.29, 1.82) is 0 Å². The topological polar surface area (TPSA) is 63.6 Å². The number of hydrogen-bond acceptors (Lipinski definition) is 4. The Morgan fingerprint density at radius 2 is 1.61 bits per heavy atom. The minimum Gasteiger partial charge on any atom is -0.506 e. The van der Waals surface area contributed by atoms with Gasteiger partial charge in [0.25, 0.3) is 0 Å². The predicted octanol–water partition coefficient (Wildman–Crippen LogP) is 3.07. The van der Waals surface area contributed by atoms with Crippen molar-refractivity contribution in [2.45, 2.75) is 0 Å². The minimum atomic E-state index is -0.670. The van der Waals surface area contributed by atoms with Crippen molar-refractivity contribution >= 4 is 67.9 Å². The number of benzene rings is 2.